The molecule has 1 unspecified atom stereocenters. The Hall–Kier alpha value is -0.960. The highest BCUT2D eigenvalue weighted by Crippen LogP contribution is 2.22. The van der Waals surface area contributed by atoms with Crippen molar-refractivity contribution >= 4 is 17.7 Å². The molecule has 0 radical (unpaired) electrons. The summed E-state index contributed by atoms with van der Waals surface area (Å²) in [6.07, 6.45) is 1.04. The van der Waals surface area contributed by atoms with E-state index in [9.17, 15) is 4.79 Å². The lowest BCUT2D eigenvalue weighted by molar-refractivity contribution is -0.120. The van der Waals surface area contributed by atoms with Gasteiger partial charge in [-0.05, 0) is 31.4 Å². The summed E-state index contributed by atoms with van der Waals surface area (Å²) in [5.74, 6) is 0.756. The molecular formula is C14H21NOS. The number of benzene rings is 1. The van der Waals surface area contributed by atoms with Crippen molar-refractivity contribution in [2.75, 3.05) is 6.54 Å². The summed E-state index contributed by atoms with van der Waals surface area (Å²) in [6.45, 7) is 7.04. The molecule has 0 aliphatic rings. The smallest absolute Gasteiger partial charge is 0.233 e. The third-order valence-electron chi connectivity index (χ3n) is 2.45. The van der Waals surface area contributed by atoms with Crippen molar-refractivity contribution in [3.8, 4) is 0 Å². The lowest BCUT2D eigenvalue weighted by atomic mass is 10.1. The molecule has 0 aliphatic heterocycles. The molecule has 1 aromatic carbocycles. The minimum absolute atomic E-state index is 0.0374. The molecule has 2 nitrogen and oxygen atoms in total. The average molecular weight is 251 g/mol. The number of hydrogen-bond acceptors (Lipinski definition) is 2. The van der Waals surface area contributed by atoms with Gasteiger partial charge in [-0.15, -0.1) is 11.8 Å². The van der Waals surface area contributed by atoms with Gasteiger partial charge in [0.25, 0.3) is 0 Å². The summed E-state index contributed by atoms with van der Waals surface area (Å²) in [4.78, 5) is 12.9. The Labute approximate surface area is 108 Å². The van der Waals surface area contributed by atoms with Crippen molar-refractivity contribution in [2.24, 2.45) is 5.92 Å². The maximum atomic E-state index is 11.8. The second-order valence-electron chi connectivity index (χ2n) is 4.55. The zero-order valence-electron chi connectivity index (χ0n) is 10.8. The Morgan fingerprint density at radius 2 is 1.88 bits per heavy atom. The Morgan fingerprint density at radius 1 is 1.24 bits per heavy atom. The third kappa shape index (κ3) is 5.78. The SMILES string of the molecule is CC(C)CCNC(=O)C(C)Sc1ccccc1. The van der Waals surface area contributed by atoms with E-state index in [2.05, 4.69) is 19.2 Å². The molecule has 17 heavy (non-hydrogen) atoms. The molecule has 0 aliphatic carbocycles. The number of rotatable bonds is 6. The van der Waals surface area contributed by atoms with E-state index in [1.807, 2.05) is 37.3 Å². The number of amides is 1. The lowest BCUT2D eigenvalue weighted by Gasteiger charge is -2.12. The van der Waals surface area contributed by atoms with Crippen LogP contribution in [0.25, 0.3) is 0 Å². The molecule has 1 atom stereocenters. The van der Waals surface area contributed by atoms with E-state index in [4.69, 9.17) is 0 Å². The maximum absolute atomic E-state index is 11.8. The van der Waals surface area contributed by atoms with Crippen molar-refractivity contribution in [1.82, 2.24) is 5.32 Å². The number of hydrogen-bond donors (Lipinski definition) is 1. The van der Waals surface area contributed by atoms with Crippen LogP contribution >= 0.6 is 11.8 Å². The van der Waals surface area contributed by atoms with Crippen LogP contribution in [-0.4, -0.2) is 17.7 Å². The highest BCUT2D eigenvalue weighted by Gasteiger charge is 2.13. The number of carbonyl (C=O) groups excluding carboxylic acids is 1. The van der Waals surface area contributed by atoms with E-state index in [1.54, 1.807) is 11.8 Å². The molecule has 0 saturated carbocycles. The first-order valence-corrected chi connectivity index (χ1v) is 6.97. The average Bonchev–Trinajstić information content (AvgIpc) is 2.29. The molecule has 0 spiro atoms. The van der Waals surface area contributed by atoms with Gasteiger partial charge in [0.1, 0.15) is 0 Å². The first-order valence-electron chi connectivity index (χ1n) is 6.09. The third-order valence-corrected chi connectivity index (χ3v) is 3.56. The van der Waals surface area contributed by atoms with E-state index in [-0.39, 0.29) is 11.2 Å². The Bertz CT molecular complexity index is 337. The number of nitrogens with one attached hydrogen (secondary N) is 1. The predicted molar refractivity (Wildman–Crippen MR) is 74.2 cm³/mol. The van der Waals surface area contributed by atoms with Crippen LogP contribution in [-0.2, 0) is 4.79 Å². The summed E-state index contributed by atoms with van der Waals surface area (Å²) in [5, 5.41) is 2.94. The Balaban J connectivity index is 2.32. The predicted octanol–water partition coefficient (Wildman–Crippen LogP) is 3.33. The normalized spacial score (nSPS) is 12.5. The van der Waals surface area contributed by atoms with Gasteiger partial charge in [-0.3, -0.25) is 4.79 Å². The second-order valence-corrected chi connectivity index (χ2v) is 5.96. The molecular weight excluding hydrogens is 230 g/mol. The zero-order valence-corrected chi connectivity index (χ0v) is 11.6. The van der Waals surface area contributed by atoms with Crippen LogP contribution in [0.3, 0.4) is 0 Å². The van der Waals surface area contributed by atoms with E-state index in [1.165, 1.54) is 0 Å². The fraction of sp³-hybridized carbons (Fsp3) is 0.500. The van der Waals surface area contributed by atoms with Gasteiger partial charge in [-0.25, -0.2) is 0 Å². The molecule has 0 aromatic heterocycles. The van der Waals surface area contributed by atoms with Gasteiger partial charge in [-0.1, -0.05) is 32.0 Å². The van der Waals surface area contributed by atoms with Gasteiger partial charge in [0.2, 0.25) is 5.91 Å². The molecule has 0 fully saturated rings. The first-order chi connectivity index (χ1) is 8.09. The molecule has 0 heterocycles. The summed E-state index contributed by atoms with van der Waals surface area (Å²) in [5.41, 5.74) is 0. The van der Waals surface area contributed by atoms with Gasteiger partial charge >= 0.3 is 0 Å². The molecule has 1 rings (SSSR count). The summed E-state index contributed by atoms with van der Waals surface area (Å²) >= 11 is 1.60. The fourth-order valence-corrected chi connectivity index (χ4v) is 2.30. The Kier molecular flexibility index (Phi) is 6.12. The fourth-order valence-electron chi connectivity index (χ4n) is 1.38. The number of thioether (sulfide) groups is 1. The van der Waals surface area contributed by atoms with Crippen molar-refractivity contribution in [3.63, 3.8) is 0 Å². The van der Waals surface area contributed by atoms with Gasteiger partial charge in [0.05, 0.1) is 5.25 Å². The van der Waals surface area contributed by atoms with Crippen molar-refractivity contribution < 1.29 is 4.79 Å². The van der Waals surface area contributed by atoms with Gasteiger partial charge in [0.15, 0.2) is 0 Å². The Morgan fingerprint density at radius 3 is 2.47 bits per heavy atom. The molecule has 94 valence electrons. The highest BCUT2D eigenvalue weighted by molar-refractivity contribution is 8.00. The van der Waals surface area contributed by atoms with Gasteiger partial charge < -0.3 is 5.32 Å². The molecule has 3 heteroatoms. The van der Waals surface area contributed by atoms with Crippen LogP contribution in [0.15, 0.2) is 35.2 Å². The largest absolute Gasteiger partial charge is 0.355 e. The molecule has 1 amide bonds. The van der Waals surface area contributed by atoms with Crippen molar-refractivity contribution in [3.05, 3.63) is 30.3 Å². The maximum Gasteiger partial charge on any atom is 0.233 e. The summed E-state index contributed by atoms with van der Waals surface area (Å²) in [7, 11) is 0. The van der Waals surface area contributed by atoms with Crippen LogP contribution in [0.1, 0.15) is 27.2 Å². The summed E-state index contributed by atoms with van der Waals surface area (Å²) < 4.78 is 0. The standard InChI is InChI=1S/C14H21NOS/c1-11(2)9-10-15-14(16)12(3)17-13-7-5-4-6-8-13/h4-8,11-12H,9-10H2,1-3H3,(H,15,16). The van der Waals surface area contributed by atoms with Crippen molar-refractivity contribution in [1.29, 1.82) is 0 Å². The lowest BCUT2D eigenvalue weighted by Crippen LogP contribution is -2.32. The monoisotopic (exact) mass is 251 g/mol. The van der Waals surface area contributed by atoms with E-state index >= 15 is 0 Å². The number of carbonyl (C=O) groups is 1. The first kappa shape index (κ1) is 14.1. The van der Waals surface area contributed by atoms with Crippen LogP contribution < -0.4 is 5.32 Å². The van der Waals surface area contributed by atoms with Crippen LogP contribution in [0, 0.1) is 5.92 Å². The quantitative estimate of drug-likeness (QED) is 0.786. The summed E-state index contributed by atoms with van der Waals surface area (Å²) in [6, 6.07) is 10.0. The second kappa shape index (κ2) is 7.38. The van der Waals surface area contributed by atoms with E-state index in [0.29, 0.717) is 5.92 Å². The highest BCUT2D eigenvalue weighted by atomic mass is 32.2. The topological polar surface area (TPSA) is 29.1 Å². The minimum Gasteiger partial charge on any atom is -0.355 e. The van der Waals surface area contributed by atoms with Gasteiger partial charge in [0, 0.05) is 11.4 Å². The van der Waals surface area contributed by atoms with E-state index in [0.717, 1.165) is 17.9 Å². The van der Waals surface area contributed by atoms with Crippen LogP contribution in [0.2, 0.25) is 0 Å². The molecule has 0 saturated heterocycles. The molecule has 0 bridgehead atoms. The van der Waals surface area contributed by atoms with Crippen LogP contribution in [0.4, 0.5) is 0 Å². The molecule has 1 N–H and O–H groups in total. The zero-order chi connectivity index (χ0) is 12.7. The van der Waals surface area contributed by atoms with Gasteiger partial charge in [-0.2, -0.15) is 0 Å². The van der Waals surface area contributed by atoms with E-state index < -0.39 is 0 Å². The van der Waals surface area contributed by atoms with Crippen molar-refractivity contribution in [2.45, 2.75) is 37.3 Å². The molecule has 1 aromatic rings. The van der Waals surface area contributed by atoms with Crippen LogP contribution in [0.5, 0.6) is 0 Å². The minimum atomic E-state index is -0.0374.